The number of fused-ring (bicyclic) bond motifs is 1. The van der Waals surface area contributed by atoms with Crippen LogP contribution in [-0.2, 0) is 14.3 Å². The third-order valence-electron chi connectivity index (χ3n) is 11.3. The monoisotopic (exact) mass is 787 g/mol. The molecule has 0 aromatic heterocycles. The molecule has 6 aromatic carbocycles. The van der Waals surface area contributed by atoms with E-state index in [9.17, 15) is 4.79 Å². The summed E-state index contributed by atoms with van der Waals surface area (Å²) in [4.78, 5) is 12.6. The number of rotatable bonds is 11. The number of aryl methyl sites for hydroxylation is 6. The third-order valence-corrected chi connectivity index (χ3v) is 11.3. The normalized spacial score (nSPS) is 14.9. The topological polar surface area (TPSA) is 71.6 Å². The summed E-state index contributed by atoms with van der Waals surface area (Å²) >= 11 is 0. The largest absolute Gasteiger partial charge is 0.457 e. The number of carbonyl (C=O) groups is 1. The van der Waals surface area contributed by atoms with Gasteiger partial charge in [0.1, 0.15) is 6.10 Å². The predicted octanol–water partition coefficient (Wildman–Crippen LogP) is 13.5. The average Bonchev–Trinajstić information content (AvgIpc) is 3.20. The Bertz CT molecular complexity index is 2270. The Balaban J connectivity index is 0.00000189. The molecule has 0 bridgehead atoms. The van der Waals surface area contributed by atoms with E-state index in [2.05, 4.69) is 178 Å². The summed E-state index contributed by atoms with van der Waals surface area (Å²) in [5.41, 5.74) is 17.1. The summed E-state index contributed by atoms with van der Waals surface area (Å²) in [5, 5.41) is 13.6. The highest BCUT2D eigenvalue weighted by Gasteiger charge is 2.29. The second-order valence-corrected chi connectivity index (χ2v) is 16.4. The first kappa shape index (κ1) is 42.7. The molecule has 3 N–H and O–H groups in total. The molecule has 1 saturated carbocycles. The molecule has 0 radical (unpaired) electrons. The molecule has 0 aliphatic heterocycles. The minimum Gasteiger partial charge on any atom is -0.457 e. The zero-order valence-corrected chi connectivity index (χ0v) is 36.4. The minimum atomic E-state index is -0.317. The van der Waals surface area contributed by atoms with Crippen LogP contribution < -0.4 is 16.0 Å². The van der Waals surface area contributed by atoms with Gasteiger partial charge in [-0.3, -0.25) is 0 Å². The summed E-state index contributed by atoms with van der Waals surface area (Å²) in [6.07, 6.45) is 3.73. The van der Waals surface area contributed by atoms with Crippen LogP contribution in [0.1, 0.15) is 88.6 Å². The van der Waals surface area contributed by atoms with Crippen molar-refractivity contribution in [3.05, 3.63) is 171 Å². The first-order valence-corrected chi connectivity index (χ1v) is 20.8. The maximum Gasteiger partial charge on any atom is 0.333 e. The molecule has 6 heteroatoms. The van der Waals surface area contributed by atoms with Gasteiger partial charge in [0.25, 0.3) is 0 Å². The van der Waals surface area contributed by atoms with Gasteiger partial charge in [0.15, 0.2) is 0 Å². The fourth-order valence-electron chi connectivity index (χ4n) is 8.65. The Morgan fingerprint density at radius 2 is 1.10 bits per heavy atom. The average molecular weight is 788 g/mol. The van der Waals surface area contributed by atoms with Gasteiger partial charge < -0.3 is 25.4 Å². The molecular weight excluding hydrogens is 727 g/mol. The molecule has 1 aliphatic rings. The minimum absolute atomic E-state index is 0.0262. The van der Waals surface area contributed by atoms with Gasteiger partial charge in [-0.15, -0.1) is 0 Å². The highest BCUT2D eigenvalue weighted by atomic mass is 16.5. The van der Waals surface area contributed by atoms with Gasteiger partial charge in [-0.2, -0.15) is 0 Å². The van der Waals surface area contributed by atoms with E-state index < -0.39 is 0 Å². The van der Waals surface area contributed by atoms with Gasteiger partial charge in [-0.05, 0) is 142 Å². The Morgan fingerprint density at radius 1 is 0.644 bits per heavy atom. The smallest absolute Gasteiger partial charge is 0.333 e. The number of ether oxygens (including phenoxy) is 2. The molecule has 2 unspecified atom stereocenters. The number of carbonyl (C=O) groups excluding carboxylic acids is 1. The van der Waals surface area contributed by atoms with Gasteiger partial charge in [0.2, 0.25) is 0 Å². The predicted molar refractivity (Wildman–Crippen MR) is 249 cm³/mol. The van der Waals surface area contributed by atoms with Gasteiger partial charge in [-0.25, -0.2) is 4.79 Å². The van der Waals surface area contributed by atoms with E-state index in [0.717, 1.165) is 59.5 Å². The fraction of sp³-hybridized carbons (Fsp3) is 0.302. The van der Waals surface area contributed by atoms with Crippen molar-refractivity contribution in [1.29, 1.82) is 0 Å². The number of methoxy groups -OCH3 is 1. The van der Waals surface area contributed by atoms with E-state index in [-0.39, 0.29) is 24.0 Å². The van der Waals surface area contributed by atoms with Crippen LogP contribution in [-0.4, -0.2) is 32.3 Å². The van der Waals surface area contributed by atoms with E-state index in [1.54, 1.807) is 21.1 Å². The number of benzene rings is 6. The summed E-state index contributed by atoms with van der Waals surface area (Å²) in [7, 11) is 3.25. The van der Waals surface area contributed by atoms with Crippen LogP contribution in [0.15, 0.2) is 121 Å². The molecule has 1 fully saturated rings. The van der Waals surface area contributed by atoms with Crippen molar-refractivity contribution in [2.24, 2.45) is 0 Å². The van der Waals surface area contributed by atoms with Crippen LogP contribution in [0.3, 0.4) is 0 Å². The van der Waals surface area contributed by atoms with Crippen LogP contribution >= 0.6 is 0 Å². The maximum atomic E-state index is 12.6. The van der Waals surface area contributed by atoms with Crippen molar-refractivity contribution in [2.75, 3.05) is 30.2 Å². The summed E-state index contributed by atoms with van der Waals surface area (Å²) < 4.78 is 10.2. The van der Waals surface area contributed by atoms with Crippen LogP contribution in [0.25, 0.3) is 10.8 Å². The van der Waals surface area contributed by atoms with Crippen LogP contribution in [0.2, 0.25) is 0 Å². The Kier molecular flexibility index (Phi) is 14.0. The molecule has 2 atom stereocenters. The molecule has 0 amide bonds. The zero-order valence-electron chi connectivity index (χ0n) is 36.4. The van der Waals surface area contributed by atoms with Crippen LogP contribution in [0, 0.1) is 41.5 Å². The molecule has 0 saturated heterocycles. The van der Waals surface area contributed by atoms with Crippen molar-refractivity contribution in [2.45, 2.75) is 92.2 Å². The third kappa shape index (κ3) is 10.2. The van der Waals surface area contributed by atoms with Crippen molar-refractivity contribution < 1.29 is 14.3 Å². The fourth-order valence-corrected chi connectivity index (χ4v) is 8.65. The second kappa shape index (κ2) is 19.3. The lowest BCUT2D eigenvalue weighted by molar-refractivity contribution is -0.146. The van der Waals surface area contributed by atoms with E-state index in [4.69, 9.17) is 4.74 Å². The Labute approximate surface area is 352 Å². The lowest BCUT2D eigenvalue weighted by Gasteiger charge is -2.33. The molecule has 6 nitrogen and oxygen atoms in total. The molecule has 0 heterocycles. The standard InChI is InChI=1S/C51H55N3O2.C2H6O/c1-31(2)51(55)56-47-16-12-11-15-46(47)54-45-26-25-44(42-13-9-10-14-43(42)45)48(38-17-21-40(22-18-38)52-49-34(5)27-32(3)28-35(49)6)39-19-23-41(24-20-39)53-50-36(7)29-33(4)30-37(50)8;1-3-2/h9-10,13-14,17-30,46-48,52-54H,1,11-12,15-16H2,2-8H3;1-2H3. The molecule has 7 rings (SSSR count). The van der Waals surface area contributed by atoms with Gasteiger partial charge >= 0.3 is 5.97 Å². The molecule has 6 aromatic rings. The summed E-state index contributed by atoms with van der Waals surface area (Å²) in [5.74, 6) is -0.343. The lowest BCUT2D eigenvalue weighted by Crippen LogP contribution is -2.40. The highest BCUT2D eigenvalue weighted by molar-refractivity contribution is 5.97. The SMILES string of the molecule is C=C(C)C(=O)OC1CCCCC1Nc1ccc(C(c2ccc(Nc3c(C)cc(C)cc3C)cc2)c2ccc(Nc3c(C)cc(C)cc3C)cc2)c2ccccc12.COC. The molecule has 1 aliphatic carbocycles. The number of nitrogens with one attached hydrogen (secondary N) is 3. The van der Waals surface area contributed by atoms with Crippen LogP contribution in [0.5, 0.6) is 0 Å². The first-order chi connectivity index (χ1) is 28.4. The molecule has 0 spiro atoms. The second-order valence-electron chi connectivity index (χ2n) is 16.4. The van der Waals surface area contributed by atoms with Crippen molar-refractivity contribution in [3.63, 3.8) is 0 Å². The summed E-state index contributed by atoms with van der Waals surface area (Å²) in [6, 6.07) is 40.0. The lowest BCUT2D eigenvalue weighted by atomic mass is 9.82. The molecule has 59 heavy (non-hydrogen) atoms. The van der Waals surface area contributed by atoms with E-state index >= 15 is 0 Å². The van der Waals surface area contributed by atoms with Crippen LogP contribution in [0.4, 0.5) is 28.4 Å². The van der Waals surface area contributed by atoms with E-state index in [1.807, 2.05) is 0 Å². The highest BCUT2D eigenvalue weighted by Crippen LogP contribution is 2.41. The zero-order chi connectivity index (χ0) is 42.2. The maximum absolute atomic E-state index is 12.6. The van der Waals surface area contributed by atoms with Gasteiger partial charge in [0, 0.05) is 59.5 Å². The number of esters is 1. The molecule has 306 valence electrons. The van der Waals surface area contributed by atoms with Gasteiger partial charge in [-0.1, -0.05) is 103 Å². The quantitative estimate of drug-likeness (QED) is 0.0690. The number of hydrogen-bond acceptors (Lipinski definition) is 6. The van der Waals surface area contributed by atoms with Crippen molar-refractivity contribution in [3.8, 4) is 0 Å². The van der Waals surface area contributed by atoms with Crippen molar-refractivity contribution in [1.82, 2.24) is 0 Å². The van der Waals surface area contributed by atoms with Crippen molar-refractivity contribution >= 4 is 45.2 Å². The Morgan fingerprint density at radius 3 is 1.58 bits per heavy atom. The molecular formula is C53H61N3O3. The number of hydrogen-bond donors (Lipinski definition) is 3. The summed E-state index contributed by atoms with van der Waals surface area (Å²) in [6.45, 7) is 18.5. The van der Waals surface area contributed by atoms with E-state index in [0.29, 0.717) is 5.57 Å². The number of anilines is 5. The van der Waals surface area contributed by atoms with Gasteiger partial charge in [0.05, 0.1) is 6.04 Å². The first-order valence-electron chi connectivity index (χ1n) is 20.8. The van der Waals surface area contributed by atoms with E-state index in [1.165, 1.54) is 55.5 Å². The Hall–Kier alpha value is -5.85.